The number of piperidine rings is 1. The molecule has 2 atom stereocenters. The van der Waals surface area contributed by atoms with E-state index >= 15 is 0 Å². The van der Waals surface area contributed by atoms with Gasteiger partial charge in [0, 0.05) is 19.0 Å². The average Bonchev–Trinajstić information content (AvgIpc) is 2.40. The van der Waals surface area contributed by atoms with Crippen molar-refractivity contribution < 1.29 is 9.18 Å². The molecule has 112 valence electrons. The second-order valence-corrected chi connectivity index (χ2v) is 5.24. The second kappa shape index (κ2) is 8.22. The van der Waals surface area contributed by atoms with E-state index in [1.165, 1.54) is 6.07 Å². The van der Waals surface area contributed by atoms with Gasteiger partial charge in [0.05, 0.1) is 0 Å². The highest BCUT2D eigenvalue weighted by molar-refractivity contribution is 5.85. The third-order valence-electron chi connectivity index (χ3n) is 3.59. The van der Waals surface area contributed by atoms with Crippen molar-refractivity contribution in [3.63, 3.8) is 0 Å². The summed E-state index contributed by atoms with van der Waals surface area (Å²) in [5.41, 5.74) is 0.611. The number of carbonyl (C=O) groups excluding carboxylic acids is 1. The molecule has 1 fully saturated rings. The predicted molar refractivity (Wildman–Crippen MR) is 80.7 cm³/mol. The van der Waals surface area contributed by atoms with E-state index in [0.29, 0.717) is 12.0 Å². The molecule has 2 N–H and O–H groups in total. The molecule has 2 unspecified atom stereocenters. The first-order valence-electron chi connectivity index (χ1n) is 6.91. The van der Waals surface area contributed by atoms with E-state index in [0.717, 1.165) is 25.9 Å². The summed E-state index contributed by atoms with van der Waals surface area (Å²) in [5, 5.41) is 6.27. The average molecular weight is 301 g/mol. The number of rotatable bonds is 4. The van der Waals surface area contributed by atoms with Crippen LogP contribution in [0.5, 0.6) is 0 Å². The fourth-order valence-corrected chi connectivity index (χ4v) is 2.52. The minimum absolute atomic E-state index is 0. The second-order valence-electron chi connectivity index (χ2n) is 5.24. The van der Waals surface area contributed by atoms with E-state index in [1.54, 1.807) is 18.2 Å². The van der Waals surface area contributed by atoms with E-state index in [1.807, 2.05) is 6.92 Å². The van der Waals surface area contributed by atoms with Crippen molar-refractivity contribution in [2.45, 2.75) is 38.1 Å². The Morgan fingerprint density at radius 3 is 2.90 bits per heavy atom. The summed E-state index contributed by atoms with van der Waals surface area (Å²) in [4.78, 5) is 11.9. The van der Waals surface area contributed by atoms with E-state index in [4.69, 9.17) is 0 Å². The van der Waals surface area contributed by atoms with Crippen molar-refractivity contribution >= 4 is 18.3 Å². The molecule has 2 rings (SSSR count). The zero-order chi connectivity index (χ0) is 13.7. The number of nitrogens with one attached hydrogen (secondary N) is 2. The van der Waals surface area contributed by atoms with Gasteiger partial charge in [-0.1, -0.05) is 25.1 Å². The Kier molecular flexibility index (Phi) is 6.96. The van der Waals surface area contributed by atoms with Gasteiger partial charge in [0.15, 0.2) is 0 Å². The van der Waals surface area contributed by atoms with E-state index in [9.17, 15) is 9.18 Å². The Morgan fingerprint density at radius 2 is 2.25 bits per heavy atom. The number of carbonyl (C=O) groups is 1. The lowest BCUT2D eigenvalue weighted by Gasteiger charge is -2.24. The van der Waals surface area contributed by atoms with E-state index in [2.05, 4.69) is 10.6 Å². The van der Waals surface area contributed by atoms with Crippen LogP contribution in [-0.2, 0) is 4.79 Å². The van der Waals surface area contributed by atoms with Crippen LogP contribution in [-0.4, -0.2) is 25.0 Å². The zero-order valence-electron chi connectivity index (χ0n) is 11.7. The van der Waals surface area contributed by atoms with Crippen molar-refractivity contribution in [1.82, 2.24) is 10.6 Å². The van der Waals surface area contributed by atoms with Crippen molar-refractivity contribution in [1.29, 1.82) is 0 Å². The molecule has 1 aliphatic heterocycles. The molecule has 1 aliphatic rings. The van der Waals surface area contributed by atoms with Crippen molar-refractivity contribution in [3.8, 4) is 0 Å². The highest BCUT2D eigenvalue weighted by Gasteiger charge is 2.18. The first kappa shape index (κ1) is 16.9. The molecule has 1 saturated heterocycles. The molecule has 0 aliphatic carbocycles. The Morgan fingerprint density at radius 1 is 1.50 bits per heavy atom. The molecule has 1 aromatic carbocycles. The lowest BCUT2D eigenvalue weighted by Crippen LogP contribution is -2.45. The lowest BCUT2D eigenvalue weighted by molar-refractivity contribution is -0.122. The van der Waals surface area contributed by atoms with Gasteiger partial charge in [0.1, 0.15) is 5.82 Å². The zero-order valence-corrected chi connectivity index (χ0v) is 12.5. The first-order valence-corrected chi connectivity index (χ1v) is 6.91. The van der Waals surface area contributed by atoms with Gasteiger partial charge >= 0.3 is 0 Å². The monoisotopic (exact) mass is 300 g/mol. The summed E-state index contributed by atoms with van der Waals surface area (Å²) in [6, 6.07) is 6.87. The molecule has 0 bridgehead atoms. The number of hydrogen-bond acceptors (Lipinski definition) is 2. The van der Waals surface area contributed by atoms with Crippen LogP contribution < -0.4 is 10.6 Å². The lowest BCUT2D eigenvalue weighted by atomic mass is 9.96. The molecule has 0 radical (unpaired) electrons. The summed E-state index contributed by atoms with van der Waals surface area (Å²) >= 11 is 0. The van der Waals surface area contributed by atoms with Crippen LogP contribution >= 0.6 is 12.4 Å². The van der Waals surface area contributed by atoms with E-state index in [-0.39, 0.29) is 36.1 Å². The fourth-order valence-electron chi connectivity index (χ4n) is 2.52. The third-order valence-corrected chi connectivity index (χ3v) is 3.59. The van der Waals surface area contributed by atoms with Gasteiger partial charge in [-0.25, -0.2) is 4.39 Å². The van der Waals surface area contributed by atoms with Crippen LogP contribution in [0.15, 0.2) is 24.3 Å². The first-order chi connectivity index (χ1) is 9.16. The summed E-state index contributed by atoms with van der Waals surface area (Å²) in [7, 11) is 0. The van der Waals surface area contributed by atoms with Gasteiger partial charge in [-0.05, 0) is 36.9 Å². The van der Waals surface area contributed by atoms with Crippen LogP contribution in [0.2, 0.25) is 0 Å². The largest absolute Gasteiger partial charge is 0.352 e. The van der Waals surface area contributed by atoms with Crippen molar-refractivity contribution in [2.24, 2.45) is 0 Å². The molecule has 0 saturated carbocycles. The maximum absolute atomic E-state index is 13.6. The number of hydrogen-bond donors (Lipinski definition) is 2. The van der Waals surface area contributed by atoms with Crippen LogP contribution in [0.1, 0.15) is 37.7 Å². The van der Waals surface area contributed by atoms with Gasteiger partial charge in [0.2, 0.25) is 5.91 Å². The van der Waals surface area contributed by atoms with Crippen molar-refractivity contribution in [2.75, 3.05) is 13.1 Å². The fraction of sp³-hybridized carbons (Fsp3) is 0.533. The molecule has 0 spiro atoms. The molecular formula is C15H22ClFN2O. The van der Waals surface area contributed by atoms with Gasteiger partial charge in [-0.2, -0.15) is 0 Å². The summed E-state index contributed by atoms with van der Waals surface area (Å²) in [6.45, 7) is 3.74. The Bertz CT molecular complexity index is 436. The number of amides is 1. The van der Waals surface area contributed by atoms with E-state index < -0.39 is 0 Å². The normalized spacial score (nSPS) is 19.8. The topological polar surface area (TPSA) is 41.1 Å². The van der Waals surface area contributed by atoms with Gasteiger partial charge < -0.3 is 10.6 Å². The summed E-state index contributed by atoms with van der Waals surface area (Å²) in [6.07, 6.45) is 2.44. The molecule has 20 heavy (non-hydrogen) atoms. The smallest absolute Gasteiger partial charge is 0.220 e. The van der Waals surface area contributed by atoms with Crippen molar-refractivity contribution in [3.05, 3.63) is 35.6 Å². The molecule has 1 aromatic rings. The molecule has 1 amide bonds. The van der Waals surface area contributed by atoms with Crippen LogP contribution in [0.3, 0.4) is 0 Å². The molecule has 0 aromatic heterocycles. The Labute approximate surface area is 125 Å². The van der Waals surface area contributed by atoms with Gasteiger partial charge in [-0.15, -0.1) is 12.4 Å². The molecule has 5 heteroatoms. The van der Waals surface area contributed by atoms with Gasteiger partial charge in [-0.3, -0.25) is 4.79 Å². The number of halogens is 2. The quantitative estimate of drug-likeness (QED) is 0.897. The summed E-state index contributed by atoms with van der Waals surface area (Å²) in [5.74, 6) is -0.329. The maximum Gasteiger partial charge on any atom is 0.220 e. The van der Waals surface area contributed by atoms with Crippen LogP contribution in [0.25, 0.3) is 0 Å². The molecule has 1 heterocycles. The highest BCUT2D eigenvalue weighted by atomic mass is 35.5. The van der Waals surface area contributed by atoms with Crippen LogP contribution in [0, 0.1) is 5.82 Å². The molecular weight excluding hydrogens is 279 g/mol. The summed E-state index contributed by atoms with van der Waals surface area (Å²) < 4.78 is 13.6. The SMILES string of the molecule is CC(CC(=O)NC1CCCNC1)c1ccccc1F.Cl. The highest BCUT2D eigenvalue weighted by Crippen LogP contribution is 2.21. The predicted octanol–water partition coefficient (Wildman–Crippen LogP) is 2.61. The third kappa shape index (κ3) is 4.76. The number of benzene rings is 1. The van der Waals surface area contributed by atoms with Gasteiger partial charge in [0.25, 0.3) is 0 Å². The van der Waals surface area contributed by atoms with Crippen LogP contribution in [0.4, 0.5) is 4.39 Å². The standard InChI is InChI=1S/C15H21FN2O.ClH/c1-11(13-6-2-3-7-14(13)16)9-15(19)18-12-5-4-8-17-10-12;/h2-3,6-7,11-12,17H,4-5,8-10H2,1H3,(H,18,19);1H. The molecule has 3 nitrogen and oxygen atoms in total. The minimum Gasteiger partial charge on any atom is -0.352 e. The minimum atomic E-state index is -0.234. The maximum atomic E-state index is 13.6. The Balaban J connectivity index is 0.00000200. The Hall–Kier alpha value is -1.13.